The lowest BCUT2D eigenvalue weighted by molar-refractivity contribution is -0.354. The molecule has 52 heavy (non-hydrogen) atoms. The molecule has 0 aliphatic carbocycles. The van der Waals surface area contributed by atoms with Crippen molar-refractivity contribution in [3.63, 3.8) is 0 Å². The van der Waals surface area contributed by atoms with Gasteiger partial charge in [0, 0.05) is 24.7 Å². The van der Waals surface area contributed by atoms with Gasteiger partial charge in [-0.05, 0) is 23.6 Å². The third-order valence-corrected chi connectivity index (χ3v) is 10.1. The number of rotatable bonds is 13. The van der Waals surface area contributed by atoms with Crippen LogP contribution in [0, 0.1) is 5.92 Å². The smallest absolute Gasteiger partial charge is 0.187 e. The summed E-state index contributed by atoms with van der Waals surface area (Å²) in [4.78, 5) is 1.97. The van der Waals surface area contributed by atoms with Crippen LogP contribution in [0.3, 0.4) is 0 Å². The molecule has 0 spiro atoms. The largest absolute Gasteiger partial charge is 0.394 e. The van der Waals surface area contributed by atoms with Gasteiger partial charge in [-0.25, -0.2) is 0 Å². The molecule has 5 rings (SSSR count). The lowest BCUT2D eigenvalue weighted by Gasteiger charge is -2.48. The molecule has 0 aromatic heterocycles. The average molecular weight is 770 g/mol. The molecular weight excluding hydrogens is 718 g/mol. The molecule has 1 aromatic rings. The molecule has 4 fully saturated rings. The normalized spacial score (nSPS) is 43.5. The van der Waals surface area contributed by atoms with Gasteiger partial charge in [-0.2, -0.15) is 0 Å². The van der Waals surface area contributed by atoms with Crippen LogP contribution >= 0.6 is 11.6 Å². The summed E-state index contributed by atoms with van der Waals surface area (Å²) in [6.07, 6.45) is -24.1. The molecule has 18 nitrogen and oxygen atoms in total. The van der Waals surface area contributed by atoms with E-state index >= 15 is 0 Å². The van der Waals surface area contributed by atoms with E-state index in [0.717, 1.165) is 5.56 Å². The number of halogens is 1. The van der Waals surface area contributed by atoms with Crippen molar-refractivity contribution in [2.45, 2.75) is 125 Å². The van der Waals surface area contributed by atoms with E-state index in [2.05, 4.69) is 0 Å². The zero-order valence-corrected chi connectivity index (χ0v) is 29.6. The summed E-state index contributed by atoms with van der Waals surface area (Å²) in [7, 11) is 0. The third-order valence-electron chi connectivity index (χ3n) is 9.81. The predicted molar refractivity (Wildman–Crippen MR) is 175 cm³/mol. The molecule has 4 heterocycles. The summed E-state index contributed by atoms with van der Waals surface area (Å²) in [5.74, 6) is -0.341. The summed E-state index contributed by atoms with van der Waals surface area (Å²) < 4.78 is 40.6. The van der Waals surface area contributed by atoms with Crippen LogP contribution in [0.1, 0.15) is 19.4 Å². The standard InChI is InChI=1S/C33H52ClNO17/c1-14(2)29-27(44)30(52-33-26(43)25(42)22(39)18(11-37)50-33)24(41)20(48-29)13-46-32-28(45)31(23(40)19(12-38)49-32)51-21-9-35(8-17(10-36)47-21)7-15-3-5-16(34)6-4-15/h3-6,14,17-33,36-45H,7-13H2,1-2H3. The first-order valence-electron chi connectivity index (χ1n) is 17.4. The summed E-state index contributed by atoms with van der Waals surface area (Å²) in [6, 6.07) is 7.24. The van der Waals surface area contributed by atoms with Gasteiger partial charge in [-0.1, -0.05) is 37.6 Å². The van der Waals surface area contributed by atoms with E-state index in [1.807, 2.05) is 17.0 Å². The number of aliphatic hydroxyl groups excluding tert-OH is 10. The monoisotopic (exact) mass is 769 g/mol. The Balaban J connectivity index is 1.26. The van der Waals surface area contributed by atoms with E-state index < -0.39 is 124 Å². The fourth-order valence-electron chi connectivity index (χ4n) is 6.89. The first-order chi connectivity index (χ1) is 24.8. The van der Waals surface area contributed by atoms with E-state index in [1.165, 1.54) is 0 Å². The van der Waals surface area contributed by atoms with Crippen LogP contribution in [0.4, 0.5) is 0 Å². The zero-order chi connectivity index (χ0) is 37.9. The first-order valence-corrected chi connectivity index (χ1v) is 17.7. The Morgan fingerprint density at radius 3 is 1.92 bits per heavy atom. The highest BCUT2D eigenvalue weighted by Gasteiger charge is 2.52. The number of aliphatic hydroxyl groups is 10. The first kappa shape index (κ1) is 41.9. The van der Waals surface area contributed by atoms with Crippen molar-refractivity contribution in [2.24, 2.45) is 5.92 Å². The molecule has 0 radical (unpaired) electrons. The van der Waals surface area contributed by atoms with Crippen LogP contribution in [0.25, 0.3) is 0 Å². The molecule has 0 amide bonds. The number of morpholine rings is 1. The highest BCUT2D eigenvalue weighted by Crippen LogP contribution is 2.33. The van der Waals surface area contributed by atoms with Gasteiger partial charge in [-0.15, -0.1) is 0 Å². The molecule has 0 saturated carbocycles. The van der Waals surface area contributed by atoms with Crippen LogP contribution in [0.15, 0.2) is 24.3 Å². The lowest BCUT2D eigenvalue weighted by Crippen LogP contribution is -2.65. The summed E-state index contributed by atoms with van der Waals surface area (Å²) in [5, 5.41) is 106. The minimum absolute atomic E-state index is 0.197. The summed E-state index contributed by atoms with van der Waals surface area (Å²) in [5.41, 5.74) is 0.946. The fourth-order valence-corrected chi connectivity index (χ4v) is 7.02. The van der Waals surface area contributed by atoms with Crippen molar-refractivity contribution >= 4 is 11.6 Å². The quantitative estimate of drug-likeness (QED) is 0.0917. The van der Waals surface area contributed by atoms with E-state index in [9.17, 15) is 51.1 Å². The Kier molecular flexibility index (Phi) is 15.0. The maximum absolute atomic E-state index is 11.3. The number of nitrogens with zero attached hydrogens (tertiary/aromatic N) is 1. The maximum atomic E-state index is 11.3. The second-order valence-electron chi connectivity index (χ2n) is 14.0. The van der Waals surface area contributed by atoms with Gasteiger partial charge < -0.3 is 84.2 Å². The van der Waals surface area contributed by atoms with Crippen molar-refractivity contribution in [1.82, 2.24) is 4.90 Å². The van der Waals surface area contributed by atoms with Gasteiger partial charge in [0.15, 0.2) is 18.9 Å². The van der Waals surface area contributed by atoms with Crippen molar-refractivity contribution in [2.75, 3.05) is 39.5 Å². The second kappa shape index (κ2) is 18.6. The van der Waals surface area contributed by atoms with Crippen LogP contribution in [-0.2, 0) is 39.7 Å². The topological polar surface area (TPSA) is 270 Å². The van der Waals surface area contributed by atoms with Crippen LogP contribution in [-0.4, -0.2) is 200 Å². The Labute approximate surface area is 305 Å². The molecule has 0 bridgehead atoms. The van der Waals surface area contributed by atoms with Crippen molar-refractivity contribution in [1.29, 1.82) is 0 Å². The average Bonchev–Trinajstić information content (AvgIpc) is 3.12. The predicted octanol–water partition coefficient (Wildman–Crippen LogP) is -3.97. The Morgan fingerprint density at radius 2 is 1.29 bits per heavy atom. The summed E-state index contributed by atoms with van der Waals surface area (Å²) >= 11 is 6.02. The van der Waals surface area contributed by atoms with Crippen LogP contribution in [0.5, 0.6) is 0 Å². The van der Waals surface area contributed by atoms with E-state index in [4.69, 9.17) is 44.8 Å². The van der Waals surface area contributed by atoms with Crippen molar-refractivity contribution in [3.05, 3.63) is 34.9 Å². The SMILES string of the molecule is CC(C)C1OC(COC2OC(CO)C(O)C(OC3CN(Cc4ccc(Cl)cc4)CC(CO)O3)C2O)C(O)C(OC2OC(CO)C(O)C(O)C2O)C1O. The molecule has 1 aromatic carbocycles. The second-order valence-corrected chi connectivity index (χ2v) is 14.4. The third kappa shape index (κ3) is 9.59. The van der Waals surface area contributed by atoms with E-state index in [0.29, 0.717) is 18.1 Å². The molecule has 17 unspecified atom stereocenters. The van der Waals surface area contributed by atoms with E-state index in [-0.39, 0.29) is 19.1 Å². The lowest BCUT2D eigenvalue weighted by atomic mass is 9.89. The van der Waals surface area contributed by atoms with Crippen LogP contribution < -0.4 is 0 Å². The number of benzene rings is 1. The molecule has 4 aliphatic rings. The number of hydrogen-bond donors (Lipinski definition) is 10. The van der Waals surface area contributed by atoms with Gasteiger partial charge in [0.2, 0.25) is 0 Å². The van der Waals surface area contributed by atoms with Gasteiger partial charge in [0.05, 0.1) is 38.6 Å². The minimum atomic E-state index is -1.80. The summed E-state index contributed by atoms with van der Waals surface area (Å²) in [6.45, 7) is 2.32. The molecular formula is C33H52ClNO17. The molecule has 4 aliphatic heterocycles. The molecule has 4 saturated heterocycles. The van der Waals surface area contributed by atoms with Gasteiger partial charge >= 0.3 is 0 Å². The van der Waals surface area contributed by atoms with Crippen LogP contribution in [0.2, 0.25) is 5.02 Å². The van der Waals surface area contributed by atoms with E-state index in [1.54, 1.807) is 26.0 Å². The molecule has 19 heteroatoms. The Hall–Kier alpha value is -1.21. The molecule has 17 atom stereocenters. The number of hydrogen-bond acceptors (Lipinski definition) is 18. The molecule has 298 valence electrons. The van der Waals surface area contributed by atoms with Crippen molar-refractivity contribution in [3.8, 4) is 0 Å². The highest BCUT2D eigenvalue weighted by atomic mass is 35.5. The van der Waals surface area contributed by atoms with Gasteiger partial charge in [0.25, 0.3) is 0 Å². The number of ether oxygens (including phenoxy) is 7. The fraction of sp³-hybridized carbons (Fsp3) is 0.818. The van der Waals surface area contributed by atoms with Gasteiger partial charge in [0.1, 0.15) is 73.2 Å². The minimum Gasteiger partial charge on any atom is -0.394 e. The molecule has 10 N–H and O–H groups in total. The zero-order valence-electron chi connectivity index (χ0n) is 28.8. The maximum Gasteiger partial charge on any atom is 0.187 e. The van der Waals surface area contributed by atoms with Gasteiger partial charge in [-0.3, -0.25) is 4.90 Å². The van der Waals surface area contributed by atoms with Crippen molar-refractivity contribution < 1.29 is 84.2 Å². The Morgan fingerprint density at radius 1 is 0.673 bits per heavy atom. The Bertz CT molecular complexity index is 1240. The highest BCUT2D eigenvalue weighted by molar-refractivity contribution is 6.30.